The minimum absolute atomic E-state index is 0.0166. The van der Waals surface area contributed by atoms with Crippen molar-refractivity contribution in [3.63, 3.8) is 0 Å². The summed E-state index contributed by atoms with van der Waals surface area (Å²) >= 11 is 0. The summed E-state index contributed by atoms with van der Waals surface area (Å²) in [5.41, 5.74) is -0.265. The molecule has 0 spiro atoms. The molecule has 0 aromatic carbocycles. The average Bonchev–Trinajstić information content (AvgIpc) is 2.32. The number of hydrogen-bond donors (Lipinski definition) is 3. The first-order valence-electron chi connectivity index (χ1n) is 7.26. The first-order chi connectivity index (χ1) is 10.1. The Morgan fingerprint density at radius 1 is 1.32 bits per heavy atom. The molecule has 0 bridgehead atoms. The van der Waals surface area contributed by atoms with Crippen molar-refractivity contribution >= 4 is 11.8 Å². The molecule has 7 nitrogen and oxygen atoms in total. The molecule has 0 saturated heterocycles. The van der Waals surface area contributed by atoms with Crippen LogP contribution in [0.5, 0.6) is 0 Å². The fourth-order valence-electron chi connectivity index (χ4n) is 1.89. The van der Waals surface area contributed by atoms with Crippen LogP contribution >= 0.6 is 0 Å². The van der Waals surface area contributed by atoms with Gasteiger partial charge in [-0.3, -0.25) is 9.59 Å². The Balaban J connectivity index is 2.71. The minimum Gasteiger partial charge on any atom is -0.350 e. The van der Waals surface area contributed by atoms with Gasteiger partial charge in [-0.15, -0.1) is 0 Å². The van der Waals surface area contributed by atoms with Crippen LogP contribution in [0.3, 0.4) is 0 Å². The van der Waals surface area contributed by atoms with Crippen molar-refractivity contribution < 1.29 is 9.59 Å². The van der Waals surface area contributed by atoms with Gasteiger partial charge in [0.25, 0.3) is 5.91 Å². The quantitative estimate of drug-likeness (QED) is 0.741. The van der Waals surface area contributed by atoms with Gasteiger partial charge >= 0.3 is 5.69 Å². The Bertz CT molecular complexity index is 600. The fraction of sp³-hybridized carbons (Fsp3) is 0.600. The molecular weight excluding hydrogens is 284 g/mol. The van der Waals surface area contributed by atoms with Crippen LogP contribution in [0.25, 0.3) is 0 Å². The van der Waals surface area contributed by atoms with Gasteiger partial charge in [-0.2, -0.15) is 4.98 Å². The molecule has 1 rings (SSSR count). The van der Waals surface area contributed by atoms with E-state index in [1.165, 1.54) is 0 Å². The molecule has 3 N–H and O–H groups in total. The maximum Gasteiger partial charge on any atom is 0.345 e. The van der Waals surface area contributed by atoms with Gasteiger partial charge in [-0.05, 0) is 39.2 Å². The van der Waals surface area contributed by atoms with Crippen LogP contribution < -0.4 is 16.3 Å². The van der Waals surface area contributed by atoms with E-state index in [1.807, 2.05) is 34.6 Å². The molecule has 122 valence electrons. The lowest BCUT2D eigenvalue weighted by Crippen LogP contribution is -2.46. The largest absolute Gasteiger partial charge is 0.350 e. The lowest BCUT2D eigenvalue weighted by atomic mass is 10.1. The van der Waals surface area contributed by atoms with Crippen molar-refractivity contribution in [3.05, 3.63) is 27.9 Å². The average molecular weight is 308 g/mol. The second-order valence-corrected chi connectivity index (χ2v) is 6.68. The van der Waals surface area contributed by atoms with E-state index in [-0.39, 0.29) is 23.7 Å². The third-order valence-electron chi connectivity index (χ3n) is 2.59. The molecule has 1 heterocycles. The summed E-state index contributed by atoms with van der Waals surface area (Å²) in [6, 6.07) is 1.54. The summed E-state index contributed by atoms with van der Waals surface area (Å²) in [6.45, 7) is 9.41. The van der Waals surface area contributed by atoms with Crippen molar-refractivity contribution in [1.82, 2.24) is 20.6 Å². The molecule has 0 aliphatic carbocycles. The molecule has 1 aromatic heterocycles. The summed E-state index contributed by atoms with van der Waals surface area (Å²) in [5.74, 6) is -0.500. The minimum atomic E-state index is -0.567. The van der Waals surface area contributed by atoms with E-state index in [9.17, 15) is 14.4 Å². The number of carbonyl (C=O) groups excluding carboxylic acids is 2. The molecule has 0 fully saturated rings. The molecule has 0 saturated carbocycles. The highest BCUT2D eigenvalue weighted by Gasteiger charge is 2.16. The first kappa shape index (κ1) is 17.9. The zero-order chi connectivity index (χ0) is 16.9. The topological polar surface area (TPSA) is 104 Å². The molecule has 2 amide bonds. The molecule has 1 aromatic rings. The highest BCUT2D eigenvalue weighted by Crippen LogP contribution is 2.04. The van der Waals surface area contributed by atoms with Crippen molar-refractivity contribution in [2.45, 2.75) is 46.6 Å². The van der Waals surface area contributed by atoms with Gasteiger partial charge in [0.05, 0.1) is 6.54 Å². The fourth-order valence-corrected chi connectivity index (χ4v) is 1.89. The molecule has 0 aliphatic heterocycles. The monoisotopic (exact) mass is 308 g/mol. The lowest BCUT2D eigenvalue weighted by molar-refractivity contribution is -0.121. The molecule has 0 unspecified atom stereocenters. The van der Waals surface area contributed by atoms with Crippen LogP contribution in [-0.2, 0) is 11.2 Å². The highest BCUT2D eigenvalue weighted by atomic mass is 16.2. The molecular formula is C15H24N4O3. The number of hydrogen-bond acceptors (Lipinski definition) is 4. The second-order valence-electron chi connectivity index (χ2n) is 6.68. The molecule has 0 aliphatic rings. The third-order valence-corrected chi connectivity index (χ3v) is 2.59. The van der Waals surface area contributed by atoms with E-state index >= 15 is 0 Å². The van der Waals surface area contributed by atoms with E-state index < -0.39 is 11.6 Å². The maximum atomic E-state index is 12.0. The zero-order valence-corrected chi connectivity index (χ0v) is 13.7. The van der Waals surface area contributed by atoms with Crippen LogP contribution in [0.1, 0.15) is 50.8 Å². The molecule has 22 heavy (non-hydrogen) atoms. The Labute approximate surface area is 129 Å². The van der Waals surface area contributed by atoms with Crippen LogP contribution in [0, 0.1) is 5.92 Å². The van der Waals surface area contributed by atoms with Crippen molar-refractivity contribution in [2.24, 2.45) is 5.92 Å². The number of carbonyl (C=O) groups is 2. The molecule has 0 radical (unpaired) electrons. The van der Waals surface area contributed by atoms with E-state index in [0.717, 1.165) is 0 Å². The lowest BCUT2D eigenvalue weighted by Gasteiger charge is -2.20. The Kier molecular flexibility index (Phi) is 5.84. The number of aromatic amines is 1. The number of H-pyrrole nitrogens is 1. The SMILES string of the molecule is CC(C)Cc1cc(C(=O)NCC(=O)NC(C)(C)C)nc(=O)[nH]1. The standard InChI is InChI=1S/C15H24N4O3/c1-9(2)6-10-7-11(18-14(22)17-10)13(21)16-8-12(20)19-15(3,4)5/h7,9H,6,8H2,1-5H3,(H,16,21)(H,19,20)(H,17,18,22). The van der Waals surface area contributed by atoms with E-state index in [4.69, 9.17) is 0 Å². The zero-order valence-electron chi connectivity index (χ0n) is 13.7. The van der Waals surface area contributed by atoms with Gasteiger partial charge in [-0.25, -0.2) is 4.79 Å². The Morgan fingerprint density at radius 3 is 2.50 bits per heavy atom. The predicted molar refractivity (Wildman–Crippen MR) is 83.6 cm³/mol. The second kappa shape index (κ2) is 7.20. The summed E-state index contributed by atoms with van der Waals surface area (Å²) in [6.07, 6.45) is 0.641. The first-order valence-corrected chi connectivity index (χ1v) is 7.26. The number of nitrogens with zero attached hydrogens (tertiary/aromatic N) is 1. The van der Waals surface area contributed by atoms with Crippen molar-refractivity contribution in [1.29, 1.82) is 0 Å². The number of rotatable bonds is 5. The smallest absolute Gasteiger partial charge is 0.345 e. The Morgan fingerprint density at radius 2 is 1.95 bits per heavy atom. The number of amides is 2. The van der Waals surface area contributed by atoms with Crippen LogP contribution in [0.4, 0.5) is 0 Å². The van der Waals surface area contributed by atoms with Gasteiger partial charge in [0.1, 0.15) is 5.69 Å². The van der Waals surface area contributed by atoms with Gasteiger partial charge in [0, 0.05) is 11.2 Å². The van der Waals surface area contributed by atoms with Crippen LogP contribution in [0.15, 0.2) is 10.9 Å². The number of nitrogens with one attached hydrogen (secondary N) is 3. The number of aromatic nitrogens is 2. The van der Waals surface area contributed by atoms with E-state index in [1.54, 1.807) is 6.07 Å². The van der Waals surface area contributed by atoms with E-state index in [0.29, 0.717) is 18.0 Å². The van der Waals surface area contributed by atoms with Gasteiger partial charge in [-0.1, -0.05) is 13.8 Å². The van der Waals surface area contributed by atoms with Gasteiger partial charge in [0.15, 0.2) is 0 Å². The van der Waals surface area contributed by atoms with E-state index in [2.05, 4.69) is 20.6 Å². The predicted octanol–water partition coefficient (Wildman–Crippen LogP) is 0.613. The van der Waals surface area contributed by atoms with Crippen LogP contribution in [0.2, 0.25) is 0 Å². The maximum absolute atomic E-state index is 12.0. The summed E-state index contributed by atoms with van der Waals surface area (Å²) < 4.78 is 0. The summed E-state index contributed by atoms with van der Waals surface area (Å²) in [5, 5.41) is 5.20. The van der Waals surface area contributed by atoms with Crippen molar-refractivity contribution in [3.8, 4) is 0 Å². The summed E-state index contributed by atoms with van der Waals surface area (Å²) in [4.78, 5) is 41.4. The summed E-state index contributed by atoms with van der Waals surface area (Å²) in [7, 11) is 0. The van der Waals surface area contributed by atoms with Gasteiger partial charge in [0.2, 0.25) is 5.91 Å². The van der Waals surface area contributed by atoms with Gasteiger partial charge < -0.3 is 15.6 Å². The third kappa shape index (κ3) is 6.51. The molecule has 0 atom stereocenters. The van der Waals surface area contributed by atoms with Crippen LogP contribution in [-0.4, -0.2) is 33.9 Å². The molecule has 7 heteroatoms. The van der Waals surface area contributed by atoms with Crippen molar-refractivity contribution in [2.75, 3.05) is 6.54 Å². The normalized spacial score (nSPS) is 11.4. The highest BCUT2D eigenvalue weighted by molar-refractivity contribution is 5.94. The Hall–Kier alpha value is -2.18.